The highest BCUT2D eigenvalue weighted by molar-refractivity contribution is 5.98. The van der Waals surface area contributed by atoms with Gasteiger partial charge in [-0.1, -0.05) is 54.6 Å². The average Bonchev–Trinajstić information content (AvgIpc) is 3.18. The molecule has 0 fully saturated rings. The van der Waals surface area contributed by atoms with E-state index in [0.29, 0.717) is 23.7 Å². The molecule has 5 rings (SSSR count). The Morgan fingerprint density at radius 1 is 0.968 bits per heavy atom. The molecule has 0 saturated heterocycles. The highest BCUT2D eigenvalue weighted by atomic mass is 16.5. The van der Waals surface area contributed by atoms with Crippen molar-refractivity contribution in [2.75, 3.05) is 16.8 Å². The number of carbonyl (C=O) groups is 2. The van der Waals surface area contributed by atoms with Crippen molar-refractivity contribution in [2.45, 2.75) is 25.4 Å². The number of urea groups is 1. The van der Waals surface area contributed by atoms with E-state index in [4.69, 9.17) is 4.74 Å². The topological polar surface area (TPSA) is 70.7 Å². The Morgan fingerprint density at radius 2 is 1.68 bits per heavy atom. The molecular weight excluding hydrogens is 390 g/mol. The van der Waals surface area contributed by atoms with Gasteiger partial charge in [-0.25, -0.2) is 4.79 Å². The minimum absolute atomic E-state index is 0.0180. The molecule has 0 saturated carbocycles. The molecule has 0 unspecified atom stereocenters. The average molecular weight is 413 g/mol. The fourth-order valence-electron chi connectivity index (χ4n) is 4.24. The molecule has 0 spiro atoms. The zero-order chi connectivity index (χ0) is 21.2. The second kappa shape index (κ2) is 8.14. The Balaban J connectivity index is 1.26. The lowest BCUT2D eigenvalue weighted by Gasteiger charge is -2.30. The van der Waals surface area contributed by atoms with E-state index in [1.54, 1.807) is 17.0 Å². The minimum Gasteiger partial charge on any atom is -0.481 e. The lowest BCUT2D eigenvalue weighted by Crippen LogP contribution is -2.39. The van der Waals surface area contributed by atoms with E-state index in [-0.39, 0.29) is 24.6 Å². The first kappa shape index (κ1) is 19.2. The molecule has 0 aromatic heterocycles. The first-order valence-electron chi connectivity index (χ1n) is 10.4. The number of carbonyl (C=O) groups excluding carboxylic acids is 2. The lowest BCUT2D eigenvalue weighted by atomic mass is 10.1. The Kier molecular flexibility index (Phi) is 5.04. The van der Waals surface area contributed by atoms with E-state index in [9.17, 15) is 9.59 Å². The number of hydrogen-bond donors (Lipinski definition) is 2. The van der Waals surface area contributed by atoms with Crippen LogP contribution in [0.2, 0.25) is 0 Å². The van der Waals surface area contributed by atoms with Gasteiger partial charge in [-0.3, -0.25) is 4.79 Å². The van der Waals surface area contributed by atoms with Gasteiger partial charge in [-0.05, 0) is 41.7 Å². The van der Waals surface area contributed by atoms with Gasteiger partial charge in [-0.15, -0.1) is 0 Å². The largest absolute Gasteiger partial charge is 0.481 e. The molecule has 2 aliphatic rings. The van der Waals surface area contributed by atoms with E-state index in [0.717, 1.165) is 18.4 Å². The zero-order valence-electron chi connectivity index (χ0n) is 17.0. The van der Waals surface area contributed by atoms with Gasteiger partial charge in [0, 0.05) is 17.8 Å². The fourth-order valence-corrected chi connectivity index (χ4v) is 4.24. The van der Waals surface area contributed by atoms with Crippen molar-refractivity contribution in [2.24, 2.45) is 0 Å². The normalized spacial score (nSPS) is 15.1. The van der Waals surface area contributed by atoms with Crippen LogP contribution in [-0.2, 0) is 24.2 Å². The quantitative estimate of drug-likeness (QED) is 0.682. The van der Waals surface area contributed by atoms with Crippen LogP contribution in [0.15, 0.2) is 72.8 Å². The molecule has 31 heavy (non-hydrogen) atoms. The van der Waals surface area contributed by atoms with E-state index < -0.39 is 0 Å². The molecule has 3 aromatic rings. The van der Waals surface area contributed by atoms with Crippen LogP contribution in [-0.4, -0.2) is 24.6 Å². The van der Waals surface area contributed by atoms with E-state index in [2.05, 4.69) is 22.8 Å². The molecular formula is C25H23N3O3. The number of nitrogens with one attached hydrogen (secondary N) is 2. The second-order valence-corrected chi connectivity index (χ2v) is 7.91. The summed E-state index contributed by atoms with van der Waals surface area (Å²) in [7, 11) is 0. The highest BCUT2D eigenvalue weighted by Crippen LogP contribution is 2.35. The van der Waals surface area contributed by atoms with Gasteiger partial charge in [0.15, 0.2) is 6.61 Å². The molecule has 0 bridgehead atoms. The maximum Gasteiger partial charge on any atom is 0.319 e. The van der Waals surface area contributed by atoms with Crippen molar-refractivity contribution in [3.05, 3.63) is 89.5 Å². The number of fused-ring (bicyclic) bond motifs is 2. The van der Waals surface area contributed by atoms with Crippen LogP contribution in [0.5, 0.6) is 5.75 Å². The van der Waals surface area contributed by atoms with E-state index in [1.807, 2.05) is 48.5 Å². The number of hydrogen-bond acceptors (Lipinski definition) is 3. The summed E-state index contributed by atoms with van der Waals surface area (Å²) in [6.45, 7) is 0.460. The van der Waals surface area contributed by atoms with Gasteiger partial charge >= 0.3 is 6.03 Å². The molecule has 1 aliphatic heterocycles. The number of benzene rings is 3. The lowest BCUT2D eigenvalue weighted by molar-refractivity contribution is -0.121. The molecule has 1 heterocycles. The minimum atomic E-state index is -0.245. The molecule has 0 radical (unpaired) electrons. The molecule has 3 aromatic carbocycles. The van der Waals surface area contributed by atoms with Crippen LogP contribution >= 0.6 is 0 Å². The Hall–Kier alpha value is -3.80. The molecule has 6 heteroatoms. The standard InChI is InChI=1S/C25H23N3O3/c29-24-16-31-23-14-20(10-11-22(23)28(24)15-17-6-2-1-3-7-17)26-25(30)27-21-12-18-8-4-5-9-19(18)13-21/h1-11,14,21H,12-13,15-16H2,(H2,26,27,30). The molecule has 6 nitrogen and oxygen atoms in total. The number of nitrogens with zero attached hydrogens (tertiary/aromatic N) is 1. The fraction of sp³-hybridized carbons (Fsp3) is 0.200. The van der Waals surface area contributed by atoms with Crippen LogP contribution in [0.3, 0.4) is 0 Å². The molecule has 3 amide bonds. The van der Waals surface area contributed by atoms with Crippen LogP contribution in [0.25, 0.3) is 0 Å². The summed E-state index contributed by atoms with van der Waals surface area (Å²) in [5, 5.41) is 5.94. The van der Waals surface area contributed by atoms with Crippen LogP contribution in [0.1, 0.15) is 16.7 Å². The van der Waals surface area contributed by atoms with Crippen LogP contribution < -0.4 is 20.3 Å². The summed E-state index contributed by atoms with van der Waals surface area (Å²) in [6, 6.07) is 23.3. The highest BCUT2D eigenvalue weighted by Gasteiger charge is 2.26. The van der Waals surface area contributed by atoms with Gasteiger partial charge in [0.05, 0.1) is 12.2 Å². The summed E-state index contributed by atoms with van der Waals surface area (Å²) in [5.41, 5.74) is 4.96. The zero-order valence-corrected chi connectivity index (χ0v) is 17.0. The number of ether oxygens (including phenoxy) is 1. The molecule has 1 aliphatic carbocycles. The monoisotopic (exact) mass is 413 g/mol. The van der Waals surface area contributed by atoms with Gasteiger partial charge < -0.3 is 20.3 Å². The first-order valence-corrected chi connectivity index (χ1v) is 10.4. The number of rotatable bonds is 4. The van der Waals surface area contributed by atoms with Crippen molar-refractivity contribution in [3.8, 4) is 5.75 Å². The third kappa shape index (κ3) is 4.10. The maximum atomic E-state index is 12.5. The van der Waals surface area contributed by atoms with Crippen molar-refractivity contribution in [1.82, 2.24) is 5.32 Å². The Morgan fingerprint density at radius 3 is 2.42 bits per heavy atom. The van der Waals surface area contributed by atoms with Crippen molar-refractivity contribution in [3.63, 3.8) is 0 Å². The maximum absolute atomic E-state index is 12.5. The third-order valence-electron chi connectivity index (χ3n) is 5.73. The second-order valence-electron chi connectivity index (χ2n) is 7.91. The molecule has 0 atom stereocenters. The number of anilines is 2. The predicted octanol–water partition coefficient (Wildman–Crippen LogP) is 3.90. The van der Waals surface area contributed by atoms with Gasteiger partial charge in [0.1, 0.15) is 5.75 Å². The van der Waals surface area contributed by atoms with Gasteiger partial charge in [-0.2, -0.15) is 0 Å². The third-order valence-corrected chi connectivity index (χ3v) is 5.73. The summed E-state index contributed by atoms with van der Waals surface area (Å²) in [5.74, 6) is 0.497. The smallest absolute Gasteiger partial charge is 0.319 e. The Labute approximate surface area is 180 Å². The van der Waals surface area contributed by atoms with E-state index in [1.165, 1.54) is 11.1 Å². The molecule has 2 N–H and O–H groups in total. The van der Waals surface area contributed by atoms with Crippen molar-refractivity contribution < 1.29 is 14.3 Å². The Bertz CT molecular complexity index is 1100. The van der Waals surface area contributed by atoms with Crippen LogP contribution in [0.4, 0.5) is 16.2 Å². The first-order chi connectivity index (χ1) is 15.2. The summed E-state index contributed by atoms with van der Waals surface area (Å²) in [6.07, 6.45) is 1.68. The van der Waals surface area contributed by atoms with Gasteiger partial charge in [0.25, 0.3) is 5.91 Å². The van der Waals surface area contributed by atoms with Crippen molar-refractivity contribution in [1.29, 1.82) is 0 Å². The predicted molar refractivity (Wildman–Crippen MR) is 119 cm³/mol. The summed E-state index contributed by atoms with van der Waals surface area (Å²) in [4.78, 5) is 26.7. The summed E-state index contributed by atoms with van der Waals surface area (Å²) >= 11 is 0. The number of amides is 3. The SMILES string of the molecule is O=C(Nc1ccc2c(c1)OCC(=O)N2Cc1ccccc1)NC1Cc2ccccc2C1. The van der Waals surface area contributed by atoms with Gasteiger partial charge in [0.2, 0.25) is 0 Å². The molecule has 156 valence electrons. The van der Waals surface area contributed by atoms with E-state index >= 15 is 0 Å². The van der Waals surface area contributed by atoms with Crippen LogP contribution in [0, 0.1) is 0 Å². The summed E-state index contributed by atoms with van der Waals surface area (Å²) < 4.78 is 5.64. The van der Waals surface area contributed by atoms with Crippen molar-refractivity contribution >= 4 is 23.3 Å².